The summed E-state index contributed by atoms with van der Waals surface area (Å²) in [5.74, 6) is -2.86. The molecule has 0 rings (SSSR count). The zero-order valence-corrected chi connectivity index (χ0v) is 6.00. The summed E-state index contributed by atoms with van der Waals surface area (Å²) < 4.78 is 0. The number of carbonyl (C=O) groups is 2. The summed E-state index contributed by atoms with van der Waals surface area (Å²) in [6, 6.07) is 0. The van der Waals surface area contributed by atoms with Crippen molar-refractivity contribution < 1.29 is 14.7 Å². The minimum absolute atomic E-state index is 0.574. The smallest absolute Gasteiger partial charge is 0.307 e. The van der Waals surface area contributed by atoms with Gasteiger partial charge in [0.15, 0.2) is 0 Å². The van der Waals surface area contributed by atoms with Crippen molar-refractivity contribution in [2.75, 3.05) is 0 Å². The molecule has 0 heterocycles. The van der Waals surface area contributed by atoms with E-state index < -0.39 is 23.7 Å². The second kappa shape index (κ2) is 3.20. The lowest BCUT2D eigenvalue weighted by Gasteiger charge is -2.10. The highest BCUT2D eigenvalue weighted by Gasteiger charge is 2.23. The topological polar surface area (TPSA) is 80.4 Å². The van der Waals surface area contributed by atoms with Crippen molar-refractivity contribution >= 4 is 11.9 Å². The maximum Gasteiger partial charge on any atom is 0.307 e. The van der Waals surface area contributed by atoms with Gasteiger partial charge < -0.3 is 10.8 Å². The summed E-state index contributed by atoms with van der Waals surface area (Å²) >= 11 is 0. The van der Waals surface area contributed by atoms with Crippen LogP contribution >= 0.6 is 0 Å². The summed E-state index contributed by atoms with van der Waals surface area (Å²) in [6.07, 6.45) is 0. The van der Waals surface area contributed by atoms with Crippen molar-refractivity contribution in [1.82, 2.24) is 0 Å². The van der Waals surface area contributed by atoms with Crippen LogP contribution in [0, 0.1) is 11.8 Å². The number of primary amides is 1. The number of hydrogen-bond acceptors (Lipinski definition) is 2. The molecule has 1 unspecified atom stereocenters. The largest absolute Gasteiger partial charge is 0.481 e. The van der Waals surface area contributed by atoms with E-state index >= 15 is 0 Å². The predicted molar refractivity (Wildman–Crippen MR) is 35.2 cm³/mol. The molecule has 4 heteroatoms. The minimum Gasteiger partial charge on any atom is -0.481 e. The Bertz CT molecular complexity index is 137. The molecule has 4 nitrogen and oxygen atoms in total. The molecule has 0 saturated carbocycles. The number of rotatable bonds is 3. The molecule has 0 spiro atoms. The predicted octanol–water partition coefficient (Wildman–Crippen LogP) is -0.172. The molecule has 0 aromatic carbocycles. The van der Waals surface area contributed by atoms with Gasteiger partial charge in [0.05, 0.1) is 5.92 Å². The van der Waals surface area contributed by atoms with Crippen LogP contribution in [0.15, 0.2) is 0 Å². The number of amides is 1. The van der Waals surface area contributed by atoms with Crippen LogP contribution in [-0.2, 0) is 9.59 Å². The van der Waals surface area contributed by atoms with Gasteiger partial charge in [-0.15, -0.1) is 0 Å². The fourth-order valence-electron chi connectivity index (χ4n) is 0.460. The highest BCUT2D eigenvalue weighted by molar-refractivity contribution is 5.82. The normalized spacial score (nSPS) is 15.8. The Morgan fingerprint density at radius 3 is 1.80 bits per heavy atom. The van der Waals surface area contributed by atoms with Gasteiger partial charge in [0.2, 0.25) is 5.91 Å². The van der Waals surface area contributed by atoms with Crippen molar-refractivity contribution in [1.29, 1.82) is 0 Å². The molecule has 1 amide bonds. The second-order valence-electron chi connectivity index (χ2n) is 2.32. The number of aliphatic carboxylic acids is 1. The van der Waals surface area contributed by atoms with Crippen LogP contribution in [0.1, 0.15) is 13.8 Å². The molecule has 0 aromatic heterocycles. The average Bonchev–Trinajstić information content (AvgIpc) is 1.84. The molecule has 0 aliphatic rings. The Labute approximate surface area is 59.0 Å². The highest BCUT2D eigenvalue weighted by atomic mass is 16.4. The summed E-state index contributed by atoms with van der Waals surface area (Å²) in [7, 11) is 0. The van der Waals surface area contributed by atoms with E-state index in [2.05, 4.69) is 0 Å². The van der Waals surface area contributed by atoms with Crippen LogP contribution in [0.5, 0.6) is 0 Å². The molecule has 0 fully saturated rings. The Morgan fingerprint density at radius 2 is 1.70 bits per heavy atom. The van der Waals surface area contributed by atoms with Crippen molar-refractivity contribution in [2.24, 2.45) is 17.6 Å². The van der Waals surface area contributed by atoms with Gasteiger partial charge in [-0.25, -0.2) is 0 Å². The van der Waals surface area contributed by atoms with E-state index in [0.717, 1.165) is 0 Å². The van der Waals surface area contributed by atoms with Gasteiger partial charge in [0.25, 0.3) is 0 Å². The number of carboxylic acid groups (broad SMARTS) is 1. The summed E-state index contributed by atoms with van der Waals surface area (Å²) in [5, 5.41) is 8.39. The van der Waals surface area contributed by atoms with Gasteiger partial charge in [-0.05, 0) is 0 Å². The summed E-state index contributed by atoms with van der Waals surface area (Å²) in [5.41, 5.74) is 4.87. The highest BCUT2D eigenvalue weighted by Crippen LogP contribution is 2.09. The Balaban J connectivity index is 4.07. The maximum atomic E-state index is 10.4. The van der Waals surface area contributed by atoms with E-state index in [4.69, 9.17) is 10.8 Å². The molecular formula is C6H11NO3. The molecule has 10 heavy (non-hydrogen) atoms. The van der Waals surface area contributed by atoms with Crippen molar-refractivity contribution in [3.05, 3.63) is 0 Å². The fraction of sp³-hybridized carbons (Fsp3) is 0.667. The molecule has 0 saturated heterocycles. The first kappa shape index (κ1) is 8.94. The van der Waals surface area contributed by atoms with Crippen LogP contribution in [0.25, 0.3) is 0 Å². The van der Waals surface area contributed by atoms with Crippen LogP contribution in [0.3, 0.4) is 0 Å². The van der Waals surface area contributed by atoms with E-state index in [9.17, 15) is 9.59 Å². The van der Waals surface area contributed by atoms with Gasteiger partial charge in [-0.1, -0.05) is 13.8 Å². The molecule has 0 aliphatic heterocycles. The number of hydrogen-bond donors (Lipinski definition) is 2. The summed E-state index contributed by atoms with van der Waals surface area (Å²) in [6.45, 7) is 2.96. The molecule has 3 N–H and O–H groups in total. The SMILES string of the molecule is CC(C(N)=O)[C@@H](C)C(=O)O. The Morgan fingerprint density at radius 1 is 1.30 bits per heavy atom. The van der Waals surface area contributed by atoms with Crippen LogP contribution < -0.4 is 5.73 Å². The first-order chi connectivity index (χ1) is 4.46. The number of carboxylic acids is 1. The quantitative estimate of drug-likeness (QED) is 0.578. The third kappa shape index (κ3) is 2.05. The van der Waals surface area contributed by atoms with Gasteiger partial charge in [0, 0.05) is 5.92 Å². The zero-order chi connectivity index (χ0) is 8.31. The fourth-order valence-corrected chi connectivity index (χ4v) is 0.460. The molecule has 0 radical (unpaired) electrons. The van der Waals surface area contributed by atoms with E-state index in [0.29, 0.717) is 0 Å². The Kier molecular flexibility index (Phi) is 2.86. The van der Waals surface area contributed by atoms with E-state index in [1.54, 1.807) is 0 Å². The van der Waals surface area contributed by atoms with Gasteiger partial charge in [0.1, 0.15) is 0 Å². The Hall–Kier alpha value is -1.06. The number of carbonyl (C=O) groups excluding carboxylic acids is 1. The monoisotopic (exact) mass is 145 g/mol. The van der Waals surface area contributed by atoms with E-state index in [1.165, 1.54) is 13.8 Å². The molecule has 0 aliphatic carbocycles. The summed E-state index contributed by atoms with van der Waals surface area (Å²) in [4.78, 5) is 20.6. The average molecular weight is 145 g/mol. The first-order valence-corrected chi connectivity index (χ1v) is 2.99. The van der Waals surface area contributed by atoms with Gasteiger partial charge in [-0.3, -0.25) is 9.59 Å². The molecular weight excluding hydrogens is 134 g/mol. The van der Waals surface area contributed by atoms with Gasteiger partial charge in [-0.2, -0.15) is 0 Å². The first-order valence-electron chi connectivity index (χ1n) is 2.99. The zero-order valence-electron chi connectivity index (χ0n) is 6.00. The molecule has 0 aromatic rings. The third-order valence-electron chi connectivity index (χ3n) is 1.59. The van der Waals surface area contributed by atoms with E-state index in [-0.39, 0.29) is 0 Å². The van der Waals surface area contributed by atoms with E-state index in [1.807, 2.05) is 0 Å². The van der Waals surface area contributed by atoms with Crippen LogP contribution in [-0.4, -0.2) is 17.0 Å². The maximum absolute atomic E-state index is 10.4. The lowest BCUT2D eigenvalue weighted by atomic mass is 9.96. The second-order valence-corrected chi connectivity index (χ2v) is 2.32. The van der Waals surface area contributed by atoms with Crippen LogP contribution in [0.4, 0.5) is 0 Å². The van der Waals surface area contributed by atoms with Crippen molar-refractivity contribution in [3.8, 4) is 0 Å². The lowest BCUT2D eigenvalue weighted by molar-refractivity contribution is -0.145. The third-order valence-corrected chi connectivity index (χ3v) is 1.59. The molecule has 0 bridgehead atoms. The standard InChI is InChI=1S/C6H11NO3/c1-3(5(7)8)4(2)6(9)10/h3-4H,1-2H3,(H2,7,8)(H,9,10)/t3?,4-/m1/s1. The minimum atomic E-state index is -0.994. The molecule has 58 valence electrons. The van der Waals surface area contributed by atoms with Crippen molar-refractivity contribution in [2.45, 2.75) is 13.8 Å². The lowest BCUT2D eigenvalue weighted by Crippen LogP contribution is -2.30. The number of nitrogens with two attached hydrogens (primary N) is 1. The molecule has 2 atom stereocenters. The van der Waals surface area contributed by atoms with Gasteiger partial charge >= 0.3 is 5.97 Å². The van der Waals surface area contributed by atoms with Crippen molar-refractivity contribution in [3.63, 3.8) is 0 Å². The van der Waals surface area contributed by atoms with Crippen LogP contribution in [0.2, 0.25) is 0 Å².